The highest BCUT2D eigenvalue weighted by atomic mass is 35.5. The Morgan fingerprint density at radius 1 is 1.32 bits per heavy atom. The van der Waals surface area contributed by atoms with Crippen LogP contribution in [0.5, 0.6) is 0 Å². The second-order valence-corrected chi connectivity index (χ2v) is 8.71. The largest absolute Gasteiger partial charge is 0.241 e. The molecule has 1 aromatic rings. The van der Waals surface area contributed by atoms with Crippen molar-refractivity contribution in [3.8, 4) is 0 Å². The number of sulfonamides is 1. The van der Waals surface area contributed by atoms with Crippen LogP contribution in [-0.4, -0.2) is 39.8 Å². The molecule has 5 nitrogen and oxygen atoms in total. The molecular formula is C10H11ClFNO4S2. The van der Waals surface area contributed by atoms with E-state index >= 15 is 0 Å². The second kappa shape index (κ2) is 5.01. The van der Waals surface area contributed by atoms with Crippen molar-refractivity contribution in [1.82, 2.24) is 4.72 Å². The zero-order valence-electron chi connectivity index (χ0n) is 9.58. The molecule has 9 heteroatoms. The first-order chi connectivity index (χ1) is 8.70. The van der Waals surface area contributed by atoms with Gasteiger partial charge < -0.3 is 0 Å². The topological polar surface area (TPSA) is 80.3 Å². The first-order valence-corrected chi connectivity index (χ1v) is 9.06. The van der Waals surface area contributed by atoms with Crippen molar-refractivity contribution in [2.45, 2.75) is 16.3 Å². The lowest BCUT2D eigenvalue weighted by atomic mass is 10.3. The number of benzene rings is 1. The van der Waals surface area contributed by atoms with Crippen molar-refractivity contribution in [3.63, 3.8) is 0 Å². The van der Waals surface area contributed by atoms with Gasteiger partial charge in [-0.3, -0.25) is 0 Å². The van der Waals surface area contributed by atoms with Gasteiger partial charge in [-0.15, -0.1) is 11.6 Å². The predicted octanol–water partition coefficient (Wildman–Crippen LogP) is 0.508. The van der Waals surface area contributed by atoms with Crippen LogP contribution in [0.2, 0.25) is 0 Å². The van der Waals surface area contributed by atoms with E-state index in [4.69, 9.17) is 11.6 Å². The third-order valence-electron chi connectivity index (χ3n) is 2.70. The summed E-state index contributed by atoms with van der Waals surface area (Å²) in [6.45, 7) is 0. The molecule has 0 spiro atoms. The first-order valence-electron chi connectivity index (χ1n) is 5.32. The smallest absolute Gasteiger partial charge is 0.229 e. The Kier molecular flexibility index (Phi) is 3.87. The number of alkyl halides is 1. The summed E-state index contributed by atoms with van der Waals surface area (Å²) in [6.07, 6.45) is 0. The molecule has 19 heavy (non-hydrogen) atoms. The Morgan fingerprint density at radius 2 is 2.00 bits per heavy atom. The average Bonchev–Trinajstić information content (AvgIpc) is 2.51. The summed E-state index contributed by atoms with van der Waals surface area (Å²) in [5.74, 6) is -1.31. The number of rotatable bonds is 3. The molecule has 1 N–H and O–H groups in total. The number of hydrogen-bond donors (Lipinski definition) is 1. The van der Waals surface area contributed by atoms with Crippen LogP contribution in [0, 0.1) is 5.82 Å². The maximum Gasteiger partial charge on any atom is 0.241 e. The molecule has 1 heterocycles. The molecule has 0 saturated carbocycles. The monoisotopic (exact) mass is 327 g/mol. The van der Waals surface area contributed by atoms with Crippen LogP contribution >= 0.6 is 11.6 Å². The van der Waals surface area contributed by atoms with Gasteiger partial charge in [0, 0.05) is 0 Å². The van der Waals surface area contributed by atoms with Gasteiger partial charge in [-0.1, -0.05) is 6.07 Å². The zero-order chi connectivity index (χ0) is 14.3. The molecule has 2 rings (SSSR count). The number of hydrogen-bond acceptors (Lipinski definition) is 4. The van der Waals surface area contributed by atoms with E-state index in [1.54, 1.807) is 0 Å². The van der Waals surface area contributed by atoms with Crippen molar-refractivity contribution in [2.24, 2.45) is 0 Å². The average molecular weight is 328 g/mol. The van der Waals surface area contributed by atoms with E-state index in [0.29, 0.717) is 0 Å². The van der Waals surface area contributed by atoms with Gasteiger partial charge in [0.15, 0.2) is 9.84 Å². The van der Waals surface area contributed by atoms with Crippen LogP contribution in [0.25, 0.3) is 0 Å². The molecular weight excluding hydrogens is 317 g/mol. The Bertz CT molecular complexity index is 689. The number of nitrogens with one attached hydrogen (secondary N) is 1. The molecule has 0 radical (unpaired) electrons. The quantitative estimate of drug-likeness (QED) is 0.820. The van der Waals surface area contributed by atoms with E-state index < -0.39 is 37.1 Å². The van der Waals surface area contributed by atoms with Gasteiger partial charge in [0.1, 0.15) is 5.82 Å². The SMILES string of the molecule is O=S1(=O)CC(Cl)C(NS(=O)(=O)c2cccc(F)c2)C1. The van der Waals surface area contributed by atoms with E-state index in [0.717, 1.165) is 12.1 Å². The second-order valence-electron chi connectivity index (χ2n) is 4.28. The van der Waals surface area contributed by atoms with Crippen LogP contribution < -0.4 is 4.72 Å². The van der Waals surface area contributed by atoms with E-state index in [-0.39, 0.29) is 16.4 Å². The van der Waals surface area contributed by atoms with Crippen molar-refractivity contribution >= 4 is 31.5 Å². The molecule has 1 aromatic carbocycles. The fourth-order valence-corrected chi connectivity index (χ4v) is 5.85. The minimum Gasteiger partial charge on any atom is -0.229 e. The van der Waals surface area contributed by atoms with Gasteiger partial charge in [-0.2, -0.15) is 0 Å². The maximum absolute atomic E-state index is 13.0. The Hall–Kier alpha value is -0.700. The first kappa shape index (κ1) is 14.7. The van der Waals surface area contributed by atoms with Gasteiger partial charge in [-0.05, 0) is 18.2 Å². The number of halogens is 2. The molecule has 1 saturated heterocycles. The van der Waals surface area contributed by atoms with Crippen molar-refractivity contribution < 1.29 is 21.2 Å². The molecule has 0 aromatic heterocycles. The van der Waals surface area contributed by atoms with E-state index in [2.05, 4.69) is 4.72 Å². The molecule has 0 bridgehead atoms. The predicted molar refractivity (Wildman–Crippen MR) is 68.8 cm³/mol. The molecule has 2 unspecified atom stereocenters. The lowest BCUT2D eigenvalue weighted by Crippen LogP contribution is -2.40. The highest BCUT2D eigenvalue weighted by Crippen LogP contribution is 2.20. The minimum absolute atomic E-state index is 0.263. The summed E-state index contributed by atoms with van der Waals surface area (Å²) in [6, 6.07) is 3.55. The molecule has 106 valence electrons. The fraction of sp³-hybridized carbons (Fsp3) is 0.400. The van der Waals surface area contributed by atoms with Crippen LogP contribution in [0.3, 0.4) is 0 Å². The highest BCUT2D eigenvalue weighted by molar-refractivity contribution is 7.92. The summed E-state index contributed by atoms with van der Waals surface area (Å²) < 4.78 is 61.8. The summed E-state index contributed by atoms with van der Waals surface area (Å²) in [5, 5.41) is -0.826. The molecule has 1 aliphatic heterocycles. The lowest BCUT2D eigenvalue weighted by Gasteiger charge is -2.14. The third kappa shape index (κ3) is 3.44. The molecule has 1 fully saturated rings. The summed E-state index contributed by atoms with van der Waals surface area (Å²) in [5.41, 5.74) is 0. The molecule has 0 amide bonds. The van der Waals surface area contributed by atoms with Gasteiger partial charge >= 0.3 is 0 Å². The molecule has 0 aliphatic carbocycles. The summed E-state index contributed by atoms with van der Waals surface area (Å²) >= 11 is 5.81. The Balaban J connectivity index is 2.23. The minimum atomic E-state index is -3.99. The van der Waals surface area contributed by atoms with Gasteiger partial charge in [-0.25, -0.2) is 25.9 Å². The molecule has 2 atom stereocenters. The zero-order valence-corrected chi connectivity index (χ0v) is 12.0. The van der Waals surface area contributed by atoms with Gasteiger partial charge in [0.2, 0.25) is 10.0 Å². The lowest BCUT2D eigenvalue weighted by molar-refractivity contribution is 0.561. The van der Waals surface area contributed by atoms with Crippen molar-refractivity contribution in [3.05, 3.63) is 30.1 Å². The van der Waals surface area contributed by atoms with Crippen LogP contribution in [-0.2, 0) is 19.9 Å². The van der Waals surface area contributed by atoms with Gasteiger partial charge in [0.05, 0.1) is 27.8 Å². The standard InChI is InChI=1S/C10H11ClFNO4S2/c11-9-5-18(14,15)6-10(9)13-19(16,17)8-3-1-2-7(12)4-8/h1-4,9-10,13H,5-6H2. The van der Waals surface area contributed by atoms with E-state index in [1.165, 1.54) is 12.1 Å². The Labute approximate surface area is 115 Å². The van der Waals surface area contributed by atoms with Crippen molar-refractivity contribution in [1.29, 1.82) is 0 Å². The highest BCUT2D eigenvalue weighted by Gasteiger charge is 2.38. The van der Waals surface area contributed by atoms with Crippen LogP contribution in [0.4, 0.5) is 4.39 Å². The summed E-state index contributed by atoms with van der Waals surface area (Å²) in [4.78, 5) is -0.263. The van der Waals surface area contributed by atoms with E-state index in [9.17, 15) is 21.2 Å². The maximum atomic E-state index is 13.0. The normalized spacial score (nSPS) is 26.4. The Morgan fingerprint density at radius 3 is 2.53 bits per heavy atom. The molecule has 1 aliphatic rings. The van der Waals surface area contributed by atoms with Crippen molar-refractivity contribution in [2.75, 3.05) is 11.5 Å². The third-order valence-corrected chi connectivity index (χ3v) is 6.56. The van der Waals surface area contributed by atoms with Gasteiger partial charge in [0.25, 0.3) is 0 Å². The van der Waals surface area contributed by atoms with Crippen LogP contribution in [0.15, 0.2) is 29.2 Å². The number of sulfone groups is 1. The summed E-state index contributed by atoms with van der Waals surface area (Å²) in [7, 11) is -7.33. The fourth-order valence-electron chi connectivity index (χ4n) is 1.81. The van der Waals surface area contributed by atoms with E-state index in [1.807, 2.05) is 0 Å². The van der Waals surface area contributed by atoms with Crippen LogP contribution in [0.1, 0.15) is 0 Å².